The van der Waals surface area contributed by atoms with Gasteiger partial charge in [0.25, 0.3) is 0 Å². The van der Waals surface area contributed by atoms with Gasteiger partial charge in [0.05, 0.1) is 5.69 Å². The predicted octanol–water partition coefficient (Wildman–Crippen LogP) is 4.14. The molecule has 1 unspecified atom stereocenters. The number of nitrogens with one attached hydrogen (secondary N) is 1. The molecule has 0 amide bonds. The third-order valence-electron chi connectivity index (χ3n) is 5.53. The van der Waals surface area contributed by atoms with E-state index >= 15 is 0 Å². The fourth-order valence-corrected chi connectivity index (χ4v) is 4.07. The van der Waals surface area contributed by atoms with Crippen molar-refractivity contribution in [1.82, 2.24) is 14.9 Å². The second-order valence-corrected chi connectivity index (χ2v) is 7.74. The molecule has 0 saturated heterocycles. The van der Waals surface area contributed by atoms with Gasteiger partial charge >= 0.3 is 0 Å². The molecule has 0 spiro atoms. The Morgan fingerprint density at radius 2 is 1.96 bits per heavy atom. The lowest BCUT2D eigenvalue weighted by molar-refractivity contribution is 0.260. The summed E-state index contributed by atoms with van der Waals surface area (Å²) in [5, 5.41) is 3.56. The molecule has 1 atom stereocenters. The second-order valence-electron chi connectivity index (χ2n) is 7.74. The summed E-state index contributed by atoms with van der Waals surface area (Å²) in [4.78, 5) is 11.5. The summed E-state index contributed by atoms with van der Waals surface area (Å²) in [5.74, 6) is 1.27. The lowest BCUT2D eigenvalue weighted by atomic mass is 10.0. The third kappa shape index (κ3) is 4.78. The molecule has 3 N–H and O–H groups in total. The molecule has 27 heavy (non-hydrogen) atoms. The molecule has 1 heterocycles. The van der Waals surface area contributed by atoms with E-state index in [1.807, 2.05) is 0 Å². The van der Waals surface area contributed by atoms with Gasteiger partial charge in [0, 0.05) is 23.7 Å². The highest BCUT2D eigenvalue weighted by molar-refractivity contribution is 5.73. The van der Waals surface area contributed by atoms with E-state index in [0.717, 1.165) is 43.7 Å². The molecule has 0 bridgehead atoms. The number of nitrogens with two attached hydrogens (primary N) is 1. The summed E-state index contributed by atoms with van der Waals surface area (Å²) < 4.78 is 0. The molecule has 1 aliphatic carbocycles. The summed E-state index contributed by atoms with van der Waals surface area (Å²) in [6, 6.07) is 9.18. The average molecular weight is 368 g/mol. The van der Waals surface area contributed by atoms with E-state index in [0.29, 0.717) is 12.0 Å². The van der Waals surface area contributed by atoms with Crippen molar-refractivity contribution in [1.29, 1.82) is 0 Å². The van der Waals surface area contributed by atoms with Crippen molar-refractivity contribution >= 4 is 11.8 Å². The largest absolute Gasteiger partial charge is 0.370 e. The van der Waals surface area contributed by atoms with Crippen LogP contribution in [0.5, 0.6) is 0 Å². The Kier molecular flexibility index (Phi) is 6.67. The van der Waals surface area contributed by atoms with Gasteiger partial charge in [-0.25, -0.2) is 4.98 Å². The van der Waals surface area contributed by atoms with Crippen LogP contribution in [0, 0.1) is 0 Å². The Morgan fingerprint density at radius 1 is 1.15 bits per heavy atom. The zero-order valence-electron chi connectivity index (χ0n) is 17.0. The summed E-state index contributed by atoms with van der Waals surface area (Å²) in [7, 11) is 4.35. The maximum Gasteiger partial charge on any atom is 0.222 e. The number of hydrogen-bond donors (Lipinski definition) is 2. The van der Waals surface area contributed by atoms with Crippen LogP contribution in [0.2, 0.25) is 0 Å². The molecule has 3 rings (SSSR count). The minimum atomic E-state index is 0.352. The summed E-state index contributed by atoms with van der Waals surface area (Å²) >= 11 is 0. The van der Waals surface area contributed by atoms with Crippen LogP contribution < -0.4 is 11.1 Å². The van der Waals surface area contributed by atoms with E-state index in [2.05, 4.69) is 65.5 Å². The number of aromatic nitrogens is 2. The van der Waals surface area contributed by atoms with Crippen LogP contribution in [0.4, 0.5) is 11.8 Å². The molecule has 0 radical (unpaired) electrons. The first-order valence-electron chi connectivity index (χ1n) is 10.2. The van der Waals surface area contributed by atoms with Crippen LogP contribution in [0.1, 0.15) is 50.2 Å². The number of nitrogen functional groups attached to an aromatic ring is 1. The quantitative estimate of drug-likeness (QED) is 0.687. The first-order chi connectivity index (χ1) is 13.1. The van der Waals surface area contributed by atoms with Crippen molar-refractivity contribution in [3.8, 4) is 11.3 Å². The normalized spacial score (nSPS) is 14.4. The number of benzene rings is 1. The van der Waals surface area contributed by atoms with E-state index < -0.39 is 0 Å². The Labute approximate surface area is 163 Å². The van der Waals surface area contributed by atoms with Crippen LogP contribution in [0.15, 0.2) is 24.3 Å². The third-order valence-corrected chi connectivity index (χ3v) is 5.53. The van der Waals surface area contributed by atoms with Gasteiger partial charge in [-0.05, 0) is 58.2 Å². The van der Waals surface area contributed by atoms with Crippen LogP contribution in [0.25, 0.3) is 11.3 Å². The van der Waals surface area contributed by atoms with Gasteiger partial charge in [0.1, 0.15) is 5.82 Å². The van der Waals surface area contributed by atoms with Crippen LogP contribution in [-0.4, -0.2) is 41.5 Å². The minimum absolute atomic E-state index is 0.352. The van der Waals surface area contributed by atoms with Crippen molar-refractivity contribution in [3.05, 3.63) is 35.4 Å². The minimum Gasteiger partial charge on any atom is -0.370 e. The van der Waals surface area contributed by atoms with E-state index in [-0.39, 0.29) is 0 Å². The predicted molar refractivity (Wildman–Crippen MR) is 114 cm³/mol. The number of fused-ring (bicyclic) bond motifs is 3. The number of aryl methyl sites for hydroxylation is 1. The van der Waals surface area contributed by atoms with Crippen molar-refractivity contribution in [3.63, 3.8) is 0 Å². The standard InChI is InChI=1S/C22H33N5/c1-4-9-17(27(2)3)12-8-15-24-21-19-14-7-11-16-10-5-6-13-18(16)20(19)25-22(23)26-21/h5-6,10,13,17H,4,7-9,11-12,14-15H2,1-3H3,(H3,23,24,25,26). The molecule has 1 aromatic heterocycles. The number of hydrogen-bond acceptors (Lipinski definition) is 5. The maximum absolute atomic E-state index is 6.05. The van der Waals surface area contributed by atoms with Crippen molar-refractivity contribution < 1.29 is 0 Å². The van der Waals surface area contributed by atoms with Gasteiger partial charge in [-0.15, -0.1) is 0 Å². The summed E-state index contributed by atoms with van der Waals surface area (Å²) in [6.45, 7) is 3.17. The molecule has 0 aliphatic heterocycles. The van der Waals surface area contributed by atoms with Crippen molar-refractivity contribution in [2.75, 3.05) is 31.7 Å². The topological polar surface area (TPSA) is 67.1 Å². The van der Waals surface area contributed by atoms with Gasteiger partial charge in [-0.3, -0.25) is 0 Å². The van der Waals surface area contributed by atoms with Gasteiger partial charge in [0.15, 0.2) is 0 Å². The van der Waals surface area contributed by atoms with E-state index in [4.69, 9.17) is 5.73 Å². The Hall–Kier alpha value is -2.14. The van der Waals surface area contributed by atoms with Crippen LogP contribution >= 0.6 is 0 Å². The molecule has 5 nitrogen and oxygen atoms in total. The Bertz CT molecular complexity index is 756. The Balaban J connectivity index is 1.73. The van der Waals surface area contributed by atoms with E-state index in [9.17, 15) is 0 Å². The first kappa shape index (κ1) is 19.6. The van der Waals surface area contributed by atoms with Gasteiger partial charge in [0.2, 0.25) is 5.95 Å². The number of anilines is 2. The molecule has 0 saturated carbocycles. The highest BCUT2D eigenvalue weighted by Crippen LogP contribution is 2.34. The maximum atomic E-state index is 6.05. The molecule has 146 valence electrons. The highest BCUT2D eigenvalue weighted by atomic mass is 15.1. The lowest BCUT2D eigenvalue weighted by Gasteiger charge is -2.24. The SMILES string of the molecule is CCCC(CCCNc1nc(N)nc2c1CCCc1ccccc1-2)N(C)C. The van der Waals surface area contributed by atoms with E-state index in [1.165, 1.54) is 36.0 Å². The zero-order valence-corrected chi connectivity index (χ0v) is 17.0. The van der Waals surface area contributed by atoms with Crippen LogP contribution in [-0.2, 0) is 12.8 Å². The van der Waals surface area contributed by atoms with Gasteiger partial charge in [-0.1, -0.05) is 37.6 Å². The molecular weight excluding hydrogens is 334 g/mol. The van der Waals surface area contributed by atoms with Gasteiger partial charge in [-0.2, -0.15) is 4.98 Å². The fourth-order valence-electron chi connectivity index (χ4n) is 4.07. The van der Waals surface area contributed by atoms with Crippen molar-refractivity contribution in [2.24, 2.45) is 0 Å². The second kappa shape index (κ2) is 9.18. The van der Waals surface area contributed by atoms with Gasteiger partial charge < -0.3 is 16.0 Å². The highest BCUT2D eigenvalue weighted by Gasteiger charge is 2.20. The average Bonchev–Trinajstić information content (AvgIpc) is 2.83. The first-order valence-corrected chi connectivity index (χ1v) is 10.2. The molecule has 0 fully saturated rings. The number of rotatable bonds is 8. The molecular formula is C22H33N5. The van der Waals surface area contributed by atoms with E-state index in [1.54, 1.807) is 0 Å². The number of nitrogens with zero attached hydrogens (tertiary/aromatic N) is 3. The fraction of sp³-hybridized carbons (Fsp3) is 0.545. The smallest absolute Gasteiger partial charge is 0.222 e. The molecule has 2 aromatic rings. The zero-order chi connectivity index (χ0) is 19.2. The molecule has 1 aliphatic rings. The Morgan fingerprint density at radius 3 is 2.74 bits per heavy atom. The lowest BCUT2D eigenvalue weighted by Crippen LogP contribution is -2.28. The van der Waals surface area contributed by atoms with Crippen LogP contribution in [0.3, 0.4) is 0 Å². The summed E-state index contributed by atoms with van der Waals surface area (Å²) in [6.07, 6.45) is 7.98. The summed E-state index contributed by atoms with van der Waals surface area (Å²) in [5.41, 5.74) is 10.8. The monoisotopic (exact) mass is 367 g/mol. The molecule has 5 heteroatoms. The van der Waals surface area contributed by atoms with Crippen molar-refractivity contribution in [2.45, 2.75) is 57.9 Å². The molecule has 1 aromatic carbocycles.